The van der Waals surface area contributed by atoms with Gasteiger partial charge in [0.1, 0.15) is 5.78 Å². The maximum absolute atomic E-state index is 13.0. The van der Waals surface area contributed by atoms with Gasteiger partial charge in [-0.2, -0.15) is 0 Å². The lowest BCUT2D eigenvalue weighted by Gasteiger charge is -2.29. The van der Waals surface area contributed by atoms with Gasteiger partial charge in [-0.15, -0.1) is 11.6 Å². The zero-order valence-corrected chi connectivity index (χ0v) is 14.8. The van der Waals surface area contributed by atoms with Gasteiger partial charge in [0.2, 0.25) is 0 Å². The largest absolute Gasteiger partial charge is 0.300 e. The molecule has 1 atom stereocenters. The molecule has 1 aliphatic rings. The van der Waals surface area contributed by atoms with Crippen LogP contribution >= 0.6 is 11.6 Å². The Morgan fingerprint density at radius 3 is 2.00 bits per heavy atom. The van der Waals surface area contributed by atoms with Gasteiger partial charge in [0.05, 0.1) is 0 Å². The summed E-state index contributed by atoms with van der Waals surface area (Å²) in [6.45, 7) is 1.92. The topological polar surface area (TPSA) is 51.2 Å². The predicted molar refractivity (Wildman–Crippen MR) is 97.4 cm³/mol. The third kappa shape index (κ3) is 2.93. The molecule has 2 aromatic rings. The molecule has 3 rings (SSSR count). The molecule has 0 saturated heterocycles. The first-order valence-electron chi connectivity index (χ1n) is 8.44. The van der Waals surface area contributed by atoms with Gasteiger partial charge in [0, 0.05) is 29.9 Å². The average molecular weight is 355 g/mol. The Morgan fingerprint density at radius 2 is 1.48 bits per heavy atom. The fourth-order valence-electron chi connectivity index (χ4n) is 3.47. The maximum Gasteiger partial charge on any atom is 0.193 e. The number of Topliss-reactive ketones (excluding diaryl/α,β-unsaturated/α-hetero) is 3. The van der Waals surface area contributed by atoms with Crippen LogP contribution in [0.15, 0.2) is 54.6 Å². The van der Waals surface area contributed by atoms with Crippen molar-refractivity contribution in [1.82, 2.24) is 0 Å². The third-order valence-corrected chi connectivity index (χ3v) is 5.33. The van der Waals surface area contributed by atoms with E-state index in [0.717, 1.165) is 12.0 Å². The number of halogens is 1. The highest BCUT2D eigenvalue weighted by Crippen LogP contribution is 2.46. The number of alkyl halides is 1. The van der Waals surface area contributed by atoms with Crippen molar-refractivity contribution in [2.75, 3.05) is 0 Å². The van der Waals surface area contributed by atoms with Crippen LogP contribution in [0.2, 0.25) is 0 Å². The van der Waals surface area contributed by atoms with E-state index in [4.69, 9.17) is 11.6 Å². The average Bonchev–Trinajstić information content (AvgIpc) is 2.83. The Bertz CT molecular complexity index is 791. The summed E-state index contributed by atoms with van der Waals surface area (Å²) in [5, 5.41) is 0. The molecule has 3 nitrogen and oxygen atoms in total. The van der Waals surface area contributed by atoms with Crippen molar-refractivity contribution in [2.45, 2.75) is 37.0 Å². The molecule has 128 valence electrons. The van der Waals surface area contributed by atoms with E-state index in [1.807, 2.05) is 37.3 Å². The fraction of sp³-hybridized carbons (Fsp3) is 0.286. The second-order valence-corrected chi connectivity index (χ2v) is 6.97. The lowest BCUT2D eigenvalue weighted by atomic mass is 9.78. The molecular formula is C21H19ClO3. The molecule has 0 radical (unpaired) electrons. The number of carbonyl (C=O) groups is 3. The predicted octanol–water partition coefficient (Wildman–Crippen LogP) is 4.59. The number of benzene rings is 2. The minimum atomic E-state index is -1.76. The van der Waals surface area contributed by atoms with Gasteiger partial charge >= 0.3 is 0 Å². The van der Waals surface area contributed by atoms with Crippen molar-refractivity contribution >= 4 is 29.0 Å². The minimum absolute atomic E-state index is 0.00735. The smallest absolute Gasteiger partial charge is 0.193 e. The Morgan fingerprint density at radius 1 is 0.960 bits per heavy atom. The Kier molecular flexibility index (Phi) is 4.87. The zero-order valence-electron chi connectivity index (χ0n) is 14.0. The molecule has 0 N–H and O–H groups in total. The molecule has 0 saturated carbocycles. The lowest BCUT2D eigenvalue weighted by Crippen LogP contribution is -2.42. The highest BCUT2D eigenvalue weighted by atomic mass is 35.5. The summed E-state index contributed by atoms with van der Waals surface area (Å²) in [5.41, 5.74) is 1.41. The highest BCUT2D eigenvalue weighted by Gasteiger charge is 2.57. The zero-order chi connectivity index (χ0) is 18.0. The minimum Gasteiger partial charge on any atom is -0.300 e. The fourth-order valence-corrected chi connectivity index (χ4v) is 3.88. The van der Waals surface area contributed by atoms with Crippen LogP contribution in [0.4, 0.5) is 0 Å². The summed E-state index contributed by atoms with van der Waals surface area (Å²) < 4.78 is 0. The molecule has 0 bridgehead atoms. The third-order valence-electron chi connectivity index (χ3n) is 4.72. The van der Waals surface area contributed by atoms with E-state index < -0.39 is 22.4 Å². The molecule has 4 heteroatoms. The van der Waals surface area contributed by atoms with E-state index in [1.165, 1.54) is 0 Å². The second kappa shape index (κ2) is 6.93. The van der Waals surface area contributed by atoms with Gasteiger partial charge in [0.15, 0.2) is 16.4 Å². The molecule has 0 heterocycles. The lowest BCUT2D eigenvalue weighted by molar-refractivity contribution is -0.119. The monoisotopic (exact) mass is 354 g/mol. The number of hydrogen-bond donors (Lipinski definition) is 0. The summed E-state index contributed by atoms with van der Waals surface area (Å²) in [5.74, 6) is -1.49. The van der Waals surface area contributed by atoms with Crippen LogP contribution in [-0.4, -0.2) is 22.2 Å². The van der Waals surface area contributed by atoms with Crippen molar-refractivity contribution in [3.05, 3.63) is 71.3 Å². The summed E-state index contributed by atoms with van der Waals surface area (Å²) in [6.07, 6.45) is 1.20. The molecule has 1 aliphatic carbocycles. The van der Waals surface area contributed by atoms with Crippen LogP contribution in [0.3, 0.4) is 0 Å². The van der Waals surface area contributed by atoms with Crippen LogP contribution < -0.4 is 0 Å². The van der Waals surface area contributed by atoms with Crippen molar-refractivity contribution < 1.29 is 14.4 Å². The summed E-state index contributed by atoms with van der Waals surface area (Å²) in [7, 11) is 0. The number of rotatable bonds is 6. The van der Waals surface area contributed by atoms with E-state index in [9.17, 15) is 14.4 Å². The quantitative estimate of drug-likeness (QED) is 0.563. The summed E-state index contributed by atoms with van der Waals surface area (Å²) >= 11 is 6.73. The molecule has 0 fully saturated rings. The van der Waals surface area contributed by atoms with Crippen molar-refractivity contribution in [3.8, 4) is 0 Å². The molecule has 25 heavy (non-hydrogen) atoms. The normalized spacial score (nSPS) is 16.6. The summed E-state index contributed by atoms with van der Waals surface area (Å²) in [6, 6.07) is 15.8. The first kappa shape index (κ1) is 17.6. The Hall–Kier alpha value is -2.26. The van der Waals surface area contributed by atoms with Gasteiger partial charge in [0.25, 0.3) is 0 Å². The molecule has 0 aliphatic heterocycles. The molecule has 0 spiro atoms. The molecule has 0 unspecified atom stereocenters. The van der Waals surface area contributed by atoms with Crippen LogP contribution in [0, 0.1) is 0 Å². The van der Waals surface area contributed by atoms with Gasteiger partial charge in [-0.25, -0.2) is 0 Å². The van der Waals surface area contributed by atoms with Crippen LogP contribution in [0.1, 0.15) is 58.4 Å². The van der Waals surface area contributed by atoms with Crippen LogP contribution in [0.5, 0.6) is 0 Å². The highest BCUT2D eigenvalue weighted by molar-refractivity contribution is 6.55. The number of carbonyl (C=O) groups excluding carboxylic acids is 3. The Balaban J connectivity index is 2.08. The second-order valence-electron chi connectivity index (χ2n) is 6.37. The van der Waals surface area contributed by atoms with Gasteiger partial charge < -0.3 is 0 Å². The van der Waals surface area contributed by atoms with Gasteiger partial charge in [-0.3, -0.25) is 14.4 Å². The summed E-state index contributed by atoms with van der Waals surface area (Å²) in [4.78, 5) is 36.6. The number of hydrogen-bond acceptors (Lipinski definition) is 3. The van der Waals surface area contributed by atoms with E-state index in [2.05, 4.69) is 0 Å². The molecule has 2 aromatic carbocycles. The molecular weight excluding hydrogens is 336 g/mol. The molecule has 0 amide bonds. The van der Waals surface area contributed by atoms with Crippen molar-refractivity contribution in [3.63, 3.8) is 0 Å². The standard InChI is InChI=1S/C21H19ClO3/c1-2-8-15(23)13-18(14-9-4-3-5-10-14)21(22)19(24)16-11-6-7-12-17(16)20(21)25/h3-7,9-12,18H,2,8,13H2,1H3/t18-/m1/s1. The SMILES string of the molecule is CCCC(=O)C[C@H](c1ccccc1)C1(Cl)C(=O)c2ccccc2C1=O. The van der Waals surface area contributed by atoms with Crippen molar-refractivity contribution in [1.29, 1.82) is 0 Å². The van der Waals surface area contributed by atoms with Crippen LogP contribution in [-0.2, 0) is 4.79 Å². The first-order valence-corrected chi connectivity index (χ1v) is 8.82. The number of fused-ring (bicyclic) bond motifs is 1. The van der Waals surface area contributed by atoms with E-state index >= 15 is 0 Å². The maximum atomic E-state index is 13.0. The first-order chi connectivity index (χ1) is 12.0. The van der Waals surface area contributed by atoms with Gasteiger partial charge in [-0.05, 0) is 12.0 Å². The van der Waals surface area contributed by atoms with Crippen molar-refractivity contribution in [2.24, 2.45) is 0 Å². The van der Waals surface area contributed by atoms with E-state index in [-0.39, 0.29) is 12.2 Å². The van der Waals surface area contributed by atoms with Gasteiger partial charge in [-0.1, -0.05) is 61.5 Å². The van der Waals surface area contributed by atoms with E-state index in [1.54, 1.807) is 24.3 Å². The Labute approximate surface area is 152 Å². The number of ketones is 3. The van der Waals surface area contributed by atoms with Crippen LogP contribution in [0.25, 0.3) is 0 Å². The molecule has 0 aromatic heterocycles. The van der Waals surface area contributed by atoms with E-state index in [0.29, 0.717) is 17.5 Å².